The van der Waals surface area contributed by atoms with Gasteiger partial charge in [0.25, 0.3) is 0 Å². The van der Waals surface area contributed by atoms with Crippen LogP contribution in [0.3, 0.4) is 0 Å². The van der Waals surface area contributed by atoms with Crippen LogP contribution in [0.15, 0.2) is 18.2 Å². The Morgan fingerprint density at radius 3 is 2.77 bits per heavy atom. The number of Topliss-reactive ketones (excluding diaryl/α,β-unsaturated/α-hetero) is 1. The third kappa shape index (κ3) is 2.46. The number of carbonyl (C=O) groups is 1. The maximum Gasteiger partial charge on any atom is 0.163 e. The fraction of sp³-hybridized carbons (Fsp3) is 0.300. The molecule has 0 radical (unpaired) electrons. The number of ether oxygens (including phenoxy) is 1. The van der Waals surface area contributed by atoms with Crippen molar-refractivity contribution in [3.05, 3.63) is 28.8 Å². The predicted molar refractivity (Wildman–Crippen MR) is 52.6 cm³/mol. The molecule has 0 spiro atoms. The molecule has 0 heterocycles. The smallest absolute Gasteiger partial charge is 0.163 e. The molecule has 0 unspecified atom stereocenters. The van der Waals surface area contributed by atoms with E-state index in [9.17, 15) is 4.79 Å². The minimum Gasteiger partial charge on any atom is -0.493 e. The average molecular weight is 199 g/mol. The fourth-order valence-corrected chi connectivity index (χ4v) is 1.22. The lowest BCUT2D eigenvalue weighted by Gasteiger charge is -2.07. The van der Waals surface area contributed by atoms with E-state index in [-0.39, 0.29) is 5.78 Å². The number of hydrogen-bond acceptors (Lipinski definition) is 2. The lowest BCUT2D eigenvalue weighted by Crippen LogP contribution is -2.00. The van der Waals surface area contributed by atoms with Crippen molar-refractivity contribution in [1.29, 1.82) is 0 Å². The number of carbonyl (C=O) groups excluding carboxylic acids is 1. The van der Waals surface area contributed by atoms with Gasteiger partial charge in [-0.15, -0.1) is 0 Å². The molecule has 1 aromatic rings. The lowest BCUT2D eigenvalue weighted by atomic mass is 10.1. The van der Waals surface area contributed by atoms with Gasteiger partial charge in [0.15, 0.2) is 5.78 Å². The topological polar surface area (TPSA) is 26.3 Å². The van der Waals surface area contributed by atoms with Gasteiger partial charge in [-0.3, -0.25) is 4.79 Å². The molecule has 3 heteroatoms. The zero-order valence-electron chi connectivity index (χ0n) is 7.63. The standard InChI is InChI=1S/C10H11ClO2/c1-3-13-10-6-8(11)4-5-9(10)7(2)12/h4-6H,3H2,1-2H3. The van der Waals surface area contributed by atoms with Crippen LogP contribution < -0.4 is 4.74 Å². The van der Waals surface area contributed by atoms with E-state index in [0.29, 0.717) is 22.9 Å². The van der Waals surface area contributed by atoms with E-state index in [1.807, 2.05) is 6.92 Å². The summed E-state index contributed by atoms with van der Waals surface area (Å²) in [5.41, 5.74) is 0.575. The molecule has 13 heavy (non-hydrogen) atoms. The van der Waals surface area contributed by atoms with E-state index < -0.39 is 0 Å². The molecule has 0 aliphatic heterocycles. The SMILES string of the molecule is CCOc1cc(Cl)ccc1C(C)=O. The Morgan fingerprint density at radius 2 is 2.23 bits per heavy atom. The number of rotatable bonds is 3. The zero-order valence-corrected chi connectivity index (χ0v) is 8.39. The van der Waals surface area contributed by atoms with Gasteiger partial charge in [0, 0.05) is 5.02 Å². The minimum atomic E-state index is -0.0138. The van der Waals surface area contributed by atoms with E-state index in [4.69, 9.17) is 16.3 Å². The summed E-state index contributed by atoms with van der Waals surface area (Å²) in [7, 11) is 0. The summed E-state index contributed by atoms with van der Waals surface area (Å²) < 4.78 is 5.27. The van der Waals surface area contributed by atoms with Crippen LogP contribution in [0.25, 0.3) is 0 Å². The summed E-state index contributed by atoms with van der Waals surface area (Å²) in [6.07, 6.45) is 0. The predicted octanol–water partition coefficient (Wildman–Crippen LogP) is 2.94. The van der Waals surface area contributed by atoms with Crippen molar-refractivity contribution >= 4 is 17.4 Å². The fourth-order valence-electron chi connectivity index (χ4n) is 1.06. The normalized spacial score (nSPS) is 9.77. The van der Waals surface area contributed by atoms with Gasteiger partial charge in [-0.05, 0) is 32.0 Å². The van der Waals surface area contributed by atoms with Gasteiger partial charge in [0.05, 0.1) is 12.2 Å². The first-order valence-electron chi connectivity index (χ1n) is 4.08. The first kappa shape index (κ1) is 10.1. The van der Waals surface area contributed by atoms with Gasteiger partial charge in [-0.2, -0.15) is 0 Å². The molecule has 0 N–H and O–H groups in total. The Labute approximate surface area is 82.5 Å². The van der Waals surface area contributed by atoms with Crippen molar-refractivity contribution in [3.63, 3.8) is 0 Å². The molecule has 0 fully saturated rings. The maximum absolute atomic E-state index is 11.1. The van der Waals surface area contributed by atoms with E-state index in [1.54, 1.807) is 18.2 Å². The van der Waals surface area contributed by atoms with Crippen molar-refractivity contribution in [3.8, 4) is 5.75 Å². The molecule has 0 amide bonds. The van der Waals surface area contributed by atoms with Gasteiger partial charge >= 0.3 is 0 Å². The summed E-state index contributed by atoms with van der Waals surface area (Å²) in [6.45, 7) is 3.90. The molecule has 0 aliphatic carbocycles. The lowest BCUT2D eigenvalue weighted by molar-refractivity contribution is 0.101. The minimum absolute atomic E-state index is 0.0138. The number of benzene rings is 1. The highest BCUT2D eigenvalue weighted by atomic mass is 35.5. The molecule has 0 atom stereocenters. The first-order chi connectivity index (χ1) is 6.15. The molecule has 0 aromatic heterocycles. The first-order valence-corrected chi connectivity index (χ1v) is 4.46. The Balaban J connectivity index is 3.10. The highest BCUT2D eigenvalue weighted by molar-refractivity contribution is 6.30. The van der Waals surface area contributed by atoms with Crippen LogP contribution in [-0.2, 0) is 0 Å². The summed E-state index contributed by atoms with van der Waals surface area (Å²) >= 11 is 5.77. The summed E-state index contributed by atoms with van der Waals surface area (Å²) in [4.78, 5) is 11.1. The van der Waals surface area contributed by atoms with Crippen molar-refractivity contribution in [2.75, 3.05) is 6.61 Å². The van der Waals surface area contributed by atoms with Gasteiger partial charge in [0.1, 0.15) is 5.75 Å². The van der Waals surface area contributed by atoms with Gasteiger partial charge in [-0.1, -0.05) is 11.6 Å². The Kier molecular flexibility index (Phi) is 3.32. The van der Waals surface area contributed by atoms with Crippen molar-refractivity contribution < 1.29 is 9.53 Å². The summed E-state index contributed by atoms with van der Waals surface area (Å²) in [6, 6.07) is 5.01. The molecule has 0 saturated carbocycles. The third-order valence-corrected chi connectivity index (χ3v) is 1.86. The molecule has 2 nitrogen and oxygen atoms in total. The Bertz CT molecular complexity index is 321. The number of ketones is 1. The van der Waals surface area contributed by atoms with Crippen LogP contribution in [0.2, 0.25) is 5.02 Å². The molecule has 0 saturated heterocycles. The molecule has 0 bridgehead atoms. The second-order valence-corrected chi connectivity index (χ2v) is 3.07. The number of hydrogen-bond donors (Lipinski definition) is 0. The van der Waals surface area contributed by atoms with Crippen LogP contribution in [0.5, 0.6) is 5.75 Å². The number of halogens is 1. The summed E-state index contributed by atoms with van der Waals surface area (Å²) in [5, 5.41) is 0.577. The third-order valence-electron chi connectivity index (χ3n) is 1.62. The molecule has 1 aromatic carbocycles. The molecular formula is C10H11ClO2. The zero-order chi connectivity index (χ0) is 9.84. The van der Waals surface area contributed by atoms with Gasteiger partial charge in [0.2, 0.25) is 0 Å². The van der Waals surface area contributed by atoms with Crippen LogP contribution in [0.4, 0.5) is 0 Å². The van der Waals surface area contributed by atoms with Gasteiger partial charge in [-0.25, -0.2) is 0 Å². The van der Waals surface area contributed by atoms with Crippen LogP contribution in [-0.4, -0.2) is 12.4 Å². The monoisotopic (exact) mass is 198 g/mol. The second-order valence-electron chi connectivity index (χ2n) is 2.63. The van der Waals surface area contributed by atoms with E-state index >= 15 is 0 Å². The second kappa shape index (κ2) is 4.28. The average Bonchev–Trinajstić information content (AvgIpc) is 2.04. The Hall–Kier alpha value is -1.02. The quantitative estimate of drug-likeness (QED) is 0.698. The highest BCUT2D eigenvalue weighted by Crippen LogP contribution is 2.23. The van der Waals surface area contributed by atoms with Crippen molar-refractivity contribution in [2.24, 2.45) is 0 Å². The van der Waals surface area contributed by atoms with Crippen molar-refractivity contribution in [2.45, 2.75) is 13.8 Å². The molecular weight excluding hydrogens is 188 g/mol. The van der Waals surface area contributed by atoms with Crippen LogP contribution in [0, 0.1) is 0 Å². The van der Waals surface area contributed by atoms with E-state index in [2.05, 4.69) is 0 Å². The largest absolute Gasteiger partial charge is 0.493 e. The Morgan fingerprint density at radius 1 is 1.54 bits per heavy atom. The molecule has 70 valence electrons. The van der Waals surface area contributed by atoms with Crippen molar-refractivity contribution in [1.82, 2.24) is 0 Å². The maximum atomic E-state index is 11.1. The van der Waals surface area contributed by atoms with Gasteiger partial charge < -0.3 is 4.74 Å². The summed E-state index contributed by atoms with van der Waals surface area (Å²) in [5.74, 6) is 0.544. The molecule has 0 aliphatic rings. The van der Waals surface area contributed by atoms with E-state index in [1.165, 1.54) is 6.92 Å². The van der Waals surface area contributed by atoms with Crippen LogP contribution >= 0.6 is 11.6 Å². The van der Waals surface area contributed by atoms with Crippen LogP contribution in [0.1, 0.15) is 24.2 Å². The highest BCUT2D eigenvalue weighted by Gasteiger charge is 2.07. The van der Waals surface area contributed by atoms with E-state index in [0.717, 1.165) is 0 Å². The molecule has 1 rings (SSSR count).